The van der Waals surface area contributed by atoms with Crippen LogP contribution in [-0.2, 0) is 6.42 Å². The van der Waals surface area contributed by atoms with Crippen molar-refractivity contribution in [1.82, 2.24) is 5.32 Å². The van der Waals surface area contributed by atoms with E-state index < -0.39 is 4.92 Å². The van der Waals surface area contributed by atoms with E-state index in [9.17, 15) is 10.1 Å². The number of benzene rings is 2. The largest absolute Gasteiger partial charge is 0.362 e. The molecule has 0 heterocycles. The van der Waals surface area contributed by atoms with E-state index in [-0.39, 0.29) is 5.69 Å². The summed E-state index contributed by atoms with van der Waals surface area (Å²) in [5, 5.41) is 17.6. The van der Waals surface area contributed by atoms with Crippen molar-refractivity contribution in [3.63, 3.8) is 0 Å². The molecular weight excluding hydrogens is 358 g/mol. The Labute approximate surface area is 157 Å². The summed E-state index contributed by atoms with van der Waals surface area (Å²) in [6.07, 6.45) is 1.88. The maximum atomic E-state index is 10.8. The number of halogens is 1. The number of anilines is 1. The highest BCUT2D eigenvalue weighted by atomic mass is 35.5. The third-order valence-electron chi connectivity index (χ3n) is 3.82. The molecule has 0 aromatic heterocycles. The molecule has 0 spiro atoms. The van der Waals surface area contributed by atoms with Crippen molar-refractivity contribution >= 4 is 40.3 Å². The van der Waals surface area contributed by atoms with Gasteiger partial charge in [0.1, 0.15) is 0 Å². The number of nitro benzene ring substituents is 1. The molecule has 2 aromatic carbocycles. The van der Waals surface area contributed by atoms with Gasteiger partial charge in [0.2, 0.25) is 0 Å². The fraction of sp³-hybridized carbons (Fsp3) is 0.278. The van der Waals surface area contributed by atoms with Crippen LogP contribution < -0.4 is 10.6 Å². The van der Waals surface area contributed by atoms with Crippen molar-refractivity contribution in [2.45, 2.75) is 26.7 Å². The van der Waals surface area contributed by atoms with Crippen LogP contribution in [-0.4, -0.2) is 16.6 Å². The molecule has 0 atom stereocenters. The molecule has 0 amide bonds. The highest BCUT2D eigenvalue weighted by molar-refractivity contribution is 7.80. The molecule has 0 saturated carbocycles. The van der Waals surface area contributed by atoms with Gasteiger partial charge in [-0.3, -0.25) is 10.1 Å². The lowest BCUT2D eigenvalue weighted by atomic mass is 10.0. The zero-order valence-corrected chi connectivity index (χ0v) is 15.7. The Hall–Kier alpha value is -2.18. The minimum Gasteiger partial charge on any atom is -0.362 e. The lowest BCUT2D eigenvalue weighted by molar-refractivity contribution is -0.384. The minimum atomic E-state index is -0.470. The molecule has 2 N–H and O–H groups in total. The number of thiocarbonyl (C=S) groups is 1. The third kappa shape index (κ3) is 5.69. The number of nitrogens with zero attached hydrogens (tertiary/aromatic N) is 1. The third-order valence-corrected chi connectivity index (χ3v) is 4.39. The van der Waals surface area contributed by atoms with E-state index in [0.29, 0.717) is 22.4 Å². The second kappa shape index (κ2) is 8.78. The van der Waals surface area contributed by atoms with Crippen LogP contribution in [0.1, 0.15) is 23.1 Å². The first kappa shape index (κ1) is 19.1. The number of hydrogen-bond donors (Lipinski definition) is 2. The molecule has 0 aliphatic carbocycles. The molecule has 0 fully saturated rings. The fourth-order valence-corrected chi connectivity index (χ4v) is 2.87. The van der Waals surface area contributed by atoms with Crippen LogP contribution in [0.25, 0.3) is 0 Å². The monoisotopic (exact) mass is 377 g/mol. The Kier molecular flexibility index (Phi) is 6.73. The van der Waals surface area contributed by atoms with Gasteiger partial charge < -0.3 is 10.6 Å². The summed E-state index contributed by atoms with van der Waals surface area (Å²) in [5.74, 6) is 0. The Morgan fingerprint density at radius 1 is 1.24 bits per heavy atom. The molecule has 0 bridgehead atoms. The van der Waals surface area contributed by atoms with Crippen LogP contribution >= 0.6 is 23.8 Å². The van der Waals surface area contributed by atoms with E-state index in [1.54, 1.807) is 0 Å². The SMILES string of the molecule is Cc1ccc(CCCNC(=S)Nc2cc([N+](=O)[O-])ccc2Cl)c(C)c1. The van der Waals surface area contributed by atoms with Crippen molar-refractivity contribution in [3.8, 4) is 0 Å². The van der Waals surface area contributed by atoms with Crippen molar-refractivity contribution in [1.29, 1.82) is 0 Å². The second-order valence-electron chi connectivity index (χ2n) is 5.84. The summed E-state index contributed by atoms with van der Waals surface area (Å²) in [4.78, 5) is 10.4. The van der Waals surface area contributed by atoms with Gasteiger partial charge in [0.05, 0.1) is 15.6 Å². The molecular formula is C18H20ClN3O2S. The first-order chi connectivity index (χ1) is 11.9. The molecule has 0 aliphatic heterocycles. The highest BCUT2D eigenvalue weighted by Crippen LogP contribution is 2.26. The molecule has 25 heavy (non-hydrogen) atoms. The molecule has 0 radical (unpaired) electrons. The van der Waals surface area contributed by atoms with Gasteiger partial charge in [0, 0.05) is 18.7 Å². The zero-order valence-electron chi connectivity index (χ0n) is 14.1. The fourth-order valence-electron chi connectivity index (χ4n) is 2.50. The van der Waals surface area contributed by atoms with Gasteiger partial charge in [-0.15, -0.1) is 0 Å². The van der Waals surface area contributed by atoms with Gasteiger partial charge in [0.25, 0.3) is 5.69 Å². The van der Waals surface area contributed by atoms with Gasteiger partial charge >= 0.3 is 0 Å². The number of hydrogen-bond acceptors (Lipinski definition) is 3. The molecule has 132 valence electrons. The number of aryl methyl sites for hydroxylation is 3. The standard InChI is InChI=1S/C18H20ClN3O2S/c1-12-5-6-14(13(2)10-12)4-3-9-20-18(25)21-17-11-15(22(23)24)7-8-16(17)19/h5-8,10-11H,3-4,9H2,1-2H3,(H2,20,21,25). The van der Waals surface area contributed by atoms with Crippen LogP contribution in [0.3, 0.4) is 0 Å². The van der Waals surface area contributed by atoms with Crippen molar-refractivity contribution < 1.29 is 4.92 Å². The van der Waals surface area contributed by atoms with Gasteiger partial charge in [-0.05, 0) is 56.1 Å². The van der Waals surface area contributed by atoms with Crippen LogP contribution in [0.15, 0.2) is 36.4 Å². The Balaban J connectivity index is 1.83. The number of rotatable bonds is 6. The van der Waals surface area contributed by atoms with Crippen LogP contribution in [0.5, 0.6) is 0 Å². The zero-order chi connectivity index (χ0) is 18.4. The average Bonchev–Trinajstić information content (AvgIpc) is 2.55. The quantitative estimate of drug-likeness (QED) is 0.328. The Morgan fingerprint density at radius 2 is 2.00 bits per heavy atom. The maximum Gasteiger partial charge on any atom is 0.271 e. The molecule has 0 aliphatic rings. The predicted octanol–water partition coefficient (Wildman–Crippen LogP) is 4.78. The van der Waals surface area contributed by atoms with Gasteiger partial charge in [-0.1, -0.05) is 35.4 Å². The maximum absolute atomic E-state index is 10.8. The van der Waals surface area contributed by atoms with Gasteiger partial charge in [-0.2, -0.15) is 0 Å². The van der Waals surface area contributed by atoms with Crippen molar-refractivity contribution in [2.75, 3.05) is 11.9 Å². The van der Waals surface area contributed by atoms with E-state index in [1.165, 1.54) is 34.9 Å². The first-order valence-electron chi connectivity index (χ1n) is 7.92. The molecule has 7 heteroatoms. The summed E-state index contributed by atoms with van der Waals surface area (Å²) in [7, 11) is 0. The summed E-state index contributed by atoms with van der Waals surface area (Å²) in [5.41, 5.74) is 4.27. The van der Waals surface area contributed by atoms with Gasteiger partial charge in [0.15, 0.2) is 5.11 Å². The minimum absolute atomic E-state index is 0.0375. The smallest absolute Gasteiger partial charge is 0.271 e. The van der Waals surface area contributed by atoms with E-state index >= 15 is 0 Å². The molecule has 2 aromatic rings. The Bertz CT molecular complexity index is 796. The average molecular weight is 378 g/mol. The van der Waals surface area contributed by atoms with E-state index in [2.05, 4.69) is 42.7 Å². The van der Waals surface area contributed by atoms with Gasteiger partial charge in [-0.25, -0.2) is 0 Å². The van der Waals surface area contributed by atoms with E-state index in [0.717, 1.165) is 12.8 Å². The highest BCUT2D eigenvalue weighted by Gasteiger charge is 2.10. The lowest BCUT2D eigenvalue weighted by Crippen LogP contribution is -2.29. The summed E-state index contributed by atoms with van der Waals surface area (Å²) >= 11 is 11.3. The number of nitrogens with one attached hydrogen (secondary N) is 2. The second-order valence-corrected chi connectivity index (χ2v) is 6.65. The predicted molar refractivity (Wildman–Crippen MR) is 107 cm³/mol. The van der Waals surface area contributed by atoms with Crippen LogP contribution in [0, 0.1) is 24.0 Å². The summed E-state index contributed by atoms with van der Waals surface area (Å²) in [6.45, 7) is 4.90. The van der Waals surface area contributed by atoms with E-state index in [4.69, 9.17) is 23.8 Å². The lowest BCUT2D eigenvalue weighted by Gasteiger charge is -2.12. The Morgan fingerprint density at radius 3 is 2.68 bits per heavy atom. The van der Waals surface area contributed by atoms with E-state index in [1.807, 2.05) is 0 Å². The normalized spacial score (nSPS) is 10.4. The van der Waals surface area contributed by atoms with Crippen LogP contribution in [0.4, 0.5) is 11.4 Å². The first-order valence-corrected chi connectivity index (χ1v) is 8.70. The topological polar surface area (TPSA) is 67.2 Å². The molecule has 2 rings (SSSR count). The molecule has 5 nitrogen and oxygen atoms in total. The van der Waals surface area contributed by atoms with Crippen LogP contribution in [0.2, 0.25) is 5.02 Å². The van der Waals surface area contributed by atoms with Crippen molar-refractivity contribution in [2.24, 2.45) is 0 Å². The number of nitro groups is 1. The molecule has 0 unspecified atom stereocenters. The summed E-state index contributed by atoms with van der Waals surface area (Å²) in [6, 6.07) is 10.7. The summed E-state index contributed by atoms with van der Waals surface area (Å²) < 4.78 is 0. The molecule has 0 saturated heterocycles. The number of non-ortho nitro benzene ring substituents is 1. The van der Waals surface area contributed by atoms with Crippen molar-refractivity contribution in [3.05, 3.63) is 68.2 Å².